The SMILES string of the molecule is CCOC(=N)CCC[n+]1ccn(CCO)c1. The number of aliphatic hydroxyl groups is 1. The highest BCUT2D eigenvalue weighted by molar-refractivity contribution is 5.72. The van der Waals surface area contributed by atoms with Crippen molar-refractivity contribution >= 4 is 5.90 Å². The van der Waals surface area contributed by atoms with Crippen LogP contribution in [0.4, 0.5) is 0 Å². The normalized spacial score (nSPS) is 10.4. The van der Waals surface area contributed by atoms with Crippen molar-refractivity contribution in [2.45, 2.75) is 32.9 Å². The van der Waals surface area contributed by atoms with Gasteiger partial charge in [0.15, 0.2) is 5.90 Å². The number of nitrogens with zero attached hydrogens (tertiary/aromatic N) is 2. The maximum atomic E-state index is 8.76. The minimum absolute atomic E-state index is 0.156. The highest BCUT2D eigenvalue weighted by atomic mass is 16.5. The molecule has 1 aromatic heterocycles. The molecule has 0 saturated heterocycles. The summed E-state index contributed by atoms with van der Waals surface area (Å²) in [6, 6.07) is 0. The number of ether oxygens (including phenoxy) is 1. The molecule has 5 heteroatoms. The minimum Gasteiger partial charge on any atom is -0.481 e. The molecule has 0 aliphatic rings. The standard InChI is InChI=1S/C11H20N3O2/c1-2-16-11(12)4-3-5-13-6-7-14(10-13)8-9-15/h6-7,10,12,15H,2-5,8-9H2,1H3/q+1. The predicted molar refractivity (Wildman–Crippen MR) is 60.3 cm³/mol. The number of hydrogen-bond acceptors (Lipinski definition) is 3. The van der Waals surface area contributed by atoms with Gasteiger partial charge in [-0.1, -0.05) is 0 Å². The Kier molecular flexibility index (Phi) is 5.56. The zero-order valence-electron chi connectivity index (χ0n) is 9.72. The summed E-state index contributed by atoms with van der Waals surface area (Å²) in [5.74, 6) is 0.359. The summed E-state index contributed by atoms with van der Waals surface area (Å²) in [4.78, 5) is 0. The fourth-order valence-electron chi connectivity index (χ4n) is 1.49. The van der Waals surface area contributed by atoms with E-state index in [1.165, 1.54) is 0 Å². The molecular weight excluding hydrogens is 206 g/mol. The summed E-state index contributed by atoms with van der Waals surface area (Å²) in [7, 11) is 0. The Labute approximate surface area is 95.8 Å². The maximum absolute atomic E-state index is 8.76. The van der Waals surface area contributed by atoms with Crippen molar-refractivity contribution in [3.8, 4) is 0 Å². The van der Waals surface area contributed by atoms with Crippen LogP contribution in [0.3, 0.4) is 0 Å². The lowest BCUT2D eigenvalue weighted by atomic mass is 10.3. The molecule has 1 aromatic rings. The molecule has 5 nitrogen and oxygen atoms in total. The largest absolute Gasteiger partial charge is 0.481 e. The van der Waals surface area contributed by atoms with Crippen LogP contribution in [-0.2, 0) is 17.8 Å². The van der Waals surface area contributed by atoms with Crippen LogP contribution in [0.5, 0.6) is 0 Å². The van der Waals surface area contributed by atoms with E-state index < -0.39 is 0 Å². The minimum atomic E-state index is 0.156. The van der Waals surface area contributed by atoms with Crippen molar-refractivity contribution < 1.29 is 14.4 Å². The first-order valence-electron chi connectivity index (χ1n) is 5.62. The lowest BCUT2D eigenvalue weighted by Gasteiger charge is -2.02. The number of rotatable bonds is 7. The van der Waals surface area contributed by atoms with E-state index in [9.17, 15) is 0 Å². The van der Waals surface area contributed by atoms with Crippen LogP contribution < -0.4 is 4.57 Å². The van der Waals surface area contributed by atoms with Crippen LogP contribution in [0.25, 0.3) is 0 Å². The van der Waals surface area contributed by atoms with Gasteiger partial charge < -0.3 is 9.84 Å². The molecule has 0 aliphatic carbocycles. The molecule has 0 aromatic carbocycles. The molecule has 0 radical (unpaired) electrons. The average Bonchev–Trinajstić information content (AvgIpc) is 2.67. The van der Waals surface area contributed by atoms with Crippen molar-refractivity contribution in [1.29, 1.82) is 5.41 Å². The molecule has 0 atom stereocenters. The second-order valence-electron chi connectivity index (χ2n) is 3.57. The number of aromatic nitrogens is 2. The Hall–Kier alpha value is -1.36. The molecule has 0 aliphatic heterocycles. The number of hydrogen-bond donors (Lipinski definition) is 2. The van der Waals surface area contributed by atoms with E-state index >= 15 is 0 Å². The second kappa shape index (κ2) is 7.00. The zero-order chi connectivity index (χ0) is 11.8. The van der Waals surface area contributed by atoms with Gasteiger partial charge in [0.1, 0.15) is 18.9 Å². The van der Waals surface area contributed by atoms with E-state index in [1.807, 2.05) is 30.2 Å². The van der Waals surface area contributed by atoms with Crippen molar-refractivity contribution in [1.82, 2.24) is 4.57 Å². The summed E-state index contributed by atoms with van der Waals surface area (Å²) < 4.78 is 9.05. The average molecular weight is 226 g/mol. The monoisotopic (exact) mass is 226 g/mol. The Morgan fingerprint density at radius 3 is 3.06 bits per heavy atom. The summed E-state index contributed by atoms with van der Waals surface area (Å²) >= 11 is 0. The molecule has 0 unspecified atom stereocenters. The second-order valence-corrected chi connectivity index (χ2v) is 3.57. The number of aliphatic hydroxyl groups excluding tert-OH is 1. The molecule has 0 saturated carbocycles. The van der Waals surface area contributed by atoms with Crippen LogP contribution in [0.2, 0.25) is 0 Å². The molecule has 0 fully saturated rings. The number of aryl methyl sites for hydroxylation is 1. The van der Waals surface area contributed by atoms with Gasteiger partial charge in [-0.25, -0.2) is 9.13 Å². The third-order valence-electron chi connectivity index (χ3n) is 2.24. The highest BCUT2D eigenvalue weighted by Crippen LogP contribution is 1.94. The van der Waals surface area contributed by atoms with Gasteiger partial charge in [-0.3, -0.25) is 5.41 Å². The molecule has 1 heterocycles. The van der Waals surface area contributed by atoms with Gasteiger partial charge in [-0.05, 0) is 13.3 Å². The Balaban J connectivity index is 2.23. The van der Waals surface area contributed by atoms with Gasteiger partial charge in [0.05, 0.1) is 19.8 Å². The third kappa shape index (κ3) is 4.44. The summed E-state index contributed by atoms with van der Waals surface area (Å²) in [5.41, 5.74) is 0. The van der Waals surface area contributed by atoms with E-state index in [-0.39, 0.29) is 6.61 Å². The van der Waals surface area contributed by atoms with E-state index in [0.29, 0.717) is 25.5 Å². The third-order valence-corrected chi connectivity index (χ3v) is 2.24. The van der Waals surface area contributed by atoms with Crippen LogP contribution in [-0.4, -0.2) is 28.8 Å². The number of nitrogens with one attached hydrogen (secondary N) is 1. The Morgan fingerprint density at radius 1 is 1.56 bits per heavy atom. The maximum Gasteiger partial charge on any atom is 0.243 e. The van der Waals surface area contributed by atoms with Gasteiger partial charge in [-0.2, -0.15) is 0 Å². The van der Waals surface area contributed by atoms with Gasteiger partial charge >= 0.3 is 0 Å². The van der Waals surface area contributed by atoms with E-state index in [0.717, 1.165) is 13.0 Å². The molecule has 0 bridgehead atoms. The van der Waals surface area contributed by atoms with Crippen molar-refractivity contribution in [2.24, 2.45) is 0 Å². The Bertz CT molecular complexity index is 323. The zero-order valence-corrected chi connectivity index (χ0v) is 9.72. The lowest BCUT2D eigenvalue weighted by Crippen LogP contribution is -2.31. The van der Waals surface area contributed by atoms with Crippen molar-refractivity contribution in [3.05, 3.63) is 18.7 Å². The quantitative estimate of drug-likeness (QED) is 0.405. The summed E-state index contributed by atoms with van der Waals surface area (Å²) in [6.45, 7) is 4.11. The molecule has 16 heavy (non-hydrogen) atoms. The molecular formula is C11H20N3O2+. The first-order valence-corrected chi connectivity index (χ1v) is 5.62. The molecule has 90 valence electrons. The molecule has 2 N–H and O–H groups in total. The first kappa shape index (κ1) is 12.7. The van der Waals surface area contributed by atoms with E-state index in [1.54, 1.807) is 0 Å². The van der Waals surface area contributed by atoms with Crippen LogP contribution in [0.15, 0.2) is 18.7 Å². The molecule has 1 rings (SSSR count). The van der Waals surface area contributed by atoms with Gasteiger partial charge in [0, 0.05) is 6.42 Å². The van der Waals surface area contributed by atoms with Gasteiger partial charge in [0.2, 0.25) is 6.33 Å². The van der Waals surface area contributed by atoms with Gasteiger partial charge in [-0.15, -0.1) is 0 Å². The number of imidazole rings is 1. The molecule has 0 spiro atoms. The van der Waals surface area contributed by atoms with Gasteiger partial charge in [0.25, 0.3) is 0 Å². The van der Waals surface area contributed by atoms with Crippen LogP contribution in [0, 0.1) is 5.41 Å². The molecule has 0 amide bonds. The summed E-state index contributed by atoms with van der Waals surface area (Å²) in [5, 5.41) is 16.2. The Morgan fingerprint density at radius 2 is 2.38 bits per heavy atom. The van der Waals surface area contributed by atoms with E-state index in [2.05, 4.69) is 4.57 Å². The highest BCUT2D eigenvalue weighted by Gasteiger charge is 2.03. The lowest BCUT2D eigenvalue weighted by molar-refractivity contribution is -0.696. The van der Waals surface area contributed by atoms with Crippen molar-refractivity contribution in [2.75, 3.05) is 13.2 Å². The fraction of sp³-hybridized carbons (Fsp3) is 0.636. The predicted octanol–water partition coefficient (Wildman–Crippen LogP) is 0.562. The topological polar surface area (TPSA) is 62.1 Å². The fourth-order valence-corrected chi connectivity index (χ4v) is 1.49. The first-order chi connectivity index (χ1) is 7.76. The van der Waals surface area contributed by atoms with E-state index in [4.69, 9.17) is 15.3 Å². The van der Waals surface area contributed by atoms with Crippen LogP contribution >= 0.6 is 0 Å². The van der Waals surface area contributed by atoms with Crippen LogP contribution in [0.1, 0.15) is 19.8 Å². The summed E-state index contributed by atoms with van der Waals surface area (Å²) in [6.07, 6.45) is 7.43. The van der Waals surface area contributed by atoms with Crippen molar-refractivity contribution in [3.63, 3.8) is 0 Å². The smallest absolute Gasteiger partial charge is 0.243 e.